The van der Waals surface area contributed by atoms with Gasteiger partial charge in [-0.3, -0.25) is 10.1 Å². The molecular formula is C12H12FN3O3. The van der Waals surface area contributed by atoms with E-state index in [9.17, 15) is 14.5 Å². The molecule has 0 amide bonds. The van der Waals surface area contributed by atoms with E-state index in [4.69, 9.17) is 4.84 Å². The number of alkyl halides is 1. The molecule has 1 fully saturated rings. The van der Waals surface area contributed by atoms with E-state index in [1.165, 1.54) is 11.1 Å². The standard InChI is InChI=1S/C12H12FN3O3/c1-7-2-3-8(4-11(7)16(17)18)15-6-12(19-14-15)9-5-10(9)13/h2-4,6,9-10,14H,5H2,1H3. The van der Waals surface area contributed by atoms with Crippen molar-refractivity contribution in [1.82, 2.24) is 5.59 Å². The molecule has 3 rings (SSSR count). The quantitative estimate of drug-likeness (QED) is 0.671. The first kappa shape index (κ1) is 11.9. The number of rotatable bonds is 3. The summed E-state index contributed by atoms with van der Waals surface area (Å²) in [6.07, 6.45) is 1.24. The van der Waals surface area contributed by atoms with Gasteiger partial charge >= 0.3 is 0 Å². The van der Waals surface area contributed by atoms with Gasteiger partial charge in [-0.15, -0.1) is 0 Å². The molecule has 1 aliphatic heterocycles. The zero-order chi connectivity index (χ0) is 13.6. The van der Waals surface area contributed by atoms with Crippen molar-refractivity contribution in [3.8, 4) is 0 Å². The summed E-state index contributed by atoms with van der Waals surface area (Å²) in [5.74, 6) is 0.327. The van der Waals surface area contributed by atoms with Gasteiger partial charge in [0.15, 0.2) is 5.76 Å². The van der Waals surface area contributed by atoms with Gasteiger partial charge in [0, 0.05) is 11.6 Å². The van der Waals surface area contributed by atoms with E-state index in [0.717, 1.165) is 0 Å². The molecule has 0 saturated heterocycles. The number of nitrogens with one attached hydrogen (secondary N) is 1. The first-order valence-electron chi connectivity index (χ1n) is 5.89. The van der Waals surface area contributed by atoms with Gasteiger partial charge in [-0.1, -0.05) is 11.7 Å². The van der Waals surface area contributed by atoms with Crippen LogP contribution < -0.4 is 10.6 Å². The van der Waals surface area contributed by atoms with Crippen LogP contribution in [-0.4, -0.2) is 11.1 Å². The minimum absolute atomic E-state index is 0.0379. The molecule has 1 heterocycles. The lowest BCUT2D eigenvalue weighted by atomic mass is 10.2. The second-order valence-corrected chi connectivity index (χ2v) is 4.68. The molecule has 2 aliphatic rings. The summed E-state index contributed by atoms with van der Waals surface area (Å²) in [5.41, 5.74) is 3.80. The molecule has 0 spiro atoms. The Kier molecular flexibility index (Phi) is 2.63. The van der Waals surface area contributed by atoms with Gasteiger partial charge in [-0.2, -0.15) is 0 Å². The average molecular weight is 265 g/mol. The first-order chi connectivity index (χ1) is 9.06. The van der Waals surface area contributed by atoms with Crippen molar-refractivity contribution >= 4 is 11.4 Å². The zero-order valence-electron chi connectivity index (χ0n) is 10.2. The molecule has 100 valence electrons. The Balaban J connectivity index is 1.85. The summed E-state index contributed by atoms with van der Waals surface area (Å²) in [4.78, 5) is 15.6. The highest BCUT2D eigenvalue weighted by Gasteiger charge is 2.44. The highest BCUT2D eigenvalue weighted by molar-refractivity contribution is 5.57. The molecule has 0 aromatic heterocycles. The number of hydrogen-bond donors (Lipinski definition) is 1. The van der Waals surface area contributed by atoms with Crippen LogP contribution in [0.5, 0.6) is 0 Å². The minimum atomic E-state index is -0.847. The first-order valence-corrected chi connectivity index (χ1v) is 5.89. The van der Waals surface area contributed by atoms with Gasteiger partial charge in [0.25, 0.3) is 5.69 Å². The van der Waals surface area contributed by atoms with Crippen molar-refractivity contribution in [3.63, 3.8) is 0 Å². The Bertz CT molecular complexity index is 575. The Morgan fingerprint density at radius 2 is 2.32 bits per heavy atom. The maximum atomic E-state index is 12.9. The molecule has 7 heteroatoms. The smallest absolute Gasteiger partial charge is 0.274 e. The predicted molar refractivity (Wildman–Crippen MR) is 65.6 cm³/mol. The lowest BCUT2D eigenvalue weighted by Crippen LogP contribution is -2.27. The van der Waals surface area contributed by atoms with Crippen LogP contribution in [0.15, 0.2) is 30.2 Å². The Morgan fingerprint density at radius 3 is 2.95 bits per heavy atom. The Hall–Kier alpha value is -2.15. The summed E-state index contributed by atoms with van der Waals surface area (Å²) < 4.78 is 12.9. The molecule has 6 nitrogen and oxygen atoms in total. The minimum Gasteiger partial charge on any atom is -0.391 e. The van der Waals surface area contributed by atoms with Gasteiger partial charge in [-0.05, 0) is 19.4 Å². The maximum absolute atomic E-state index is 12.9. The summed E-state index contributed by atoms with van der Waals surface area (Å²) in [6, 6.07) is 4.85. The van der Waals surface area contributed by atoms with Gasteiger partial charge in [-0.25, -0.2) is 9.40 Å². The van der Waals surface area contributed by atoms with E-state index < -0.39 is 11.1 Å². The van der Waals surface area contributed by atoms with Crippen molar-refractivity contribution in [1.29, 1.82) is 0 Å². The molecule has 2 atom stereocenters. The highest BCUT2D eigenvalue weighted by atomic mass is 19.1. The fourth-order valence-electron chi connectivity index (χ4n) is 1.98. The van der Waals surface area contributed by atoms with E-state index in [1.807, 2.05) is 0 Å². The average Bonchev–Trinajstić information content (AvgIpc) is 2.91. The number of halogens is 1. The lowest BCUT2D eigenvalue weighted by Gasteiger charge is -2.13. The summed E-state index contributed by atoms with van der Waals surface area (Å²) in [7, 11) is 0. The molecule has 0 bridgehead atoms. The summed E-state index contributed by atoms with van der Waals surface area (Å²) in [6.45, 7) is 1.68. The third-order valence-electron chi connectivity index (χ3n) is 3.26. The van der Waals surface area contributed by atoms with E-state index >= 15 is 0 Å². The van der Waals surface area contributed by atoms with Crippen molar-refractivity contribution in [2.24, 2.45) is 5.92 Å². The molecular weight excluding hydrogens is 253 g/mol. The monoisotopic (exact) mass is 265 g/mol. The lowest BCUT2D eigenvalue weighted by molar-refractivity contribution is -0.385. The van der Waals surface area contributed by atoms with Crippen LogP contribution in [-0.2, 0) is 4.84 Å². The molecule has 0 radical (unpaired) electrons. The Labute approximate surface area is 108 Å². The highest BCUT2D eigenvalue weighted by Crippen LogP contribution is 2.42. The third kappa shape index (κ3) is 2.12. The van der Waals surface area contributed by atoms with Crippen molar-refractivity contribution in [3.05, 3.63) is 45.8 Å². The fraction of sp³-hybridized carbons (Fsp3) is 0.333. The SMILES string of the molecule is Cc1ccc(N2C=C(C3CC3F)ON2)cc1[N+](=O)[O-]. The second-order valence-electron chi connectivity index (χ2n) is 4.68. The molecule has 2 unspecified atom stereocenters. The summed E-state index contributed by atoms with van der Waals surface area (Å²) in [5, 5.41) is 12.4. The number of aryl methyl sites for hydroxylation is 1. The largest absolute Gasteiger partial charge is 0.391 e. The molecule has 1 aromatic rings. The van der Waals surface area contributed by atoms with Crippen LogP contribution in [0.1, 0.15) is 12.0 Å². The van der Waals surface area contributed by atoms with Gasteiger partial charge < -0.3 is 4.84 Å². The maximum Gasteiger partial charge on any atom is 0.274 e. The number of allylic oxidation sites excluding steroid dienone is 1. The number of anilines is 1. The van der Waals surface area contributed by atoms with E-state index in [0.29, 0.717) is 23.4 Å². The molecule has 1 aliphatic carbocycles. The van der Waals surface area contributed by atoms with Gasteiger partial charge in [0.05, 0.1) is 22.7 Å². The molecule has 1 aromatic carbocycles. The molecule has 1 N–H and O–H groups in total. The van der Waals surface area contributed by atoms with Crippen LogP contribution in [0.4, 0.5) is 15.8 Å². The van der Waals surface area contributed by atoms with Crippen LogP contribution in [0.2, 0.25) is 0 Å². The summed E-state index contributed by atoms with van der Waals surface area (Å²) >= 11 is 0. The van der Waals surface area contributed by atoms with Gasteiger partial charge in [0.1, 0.15) is 6.17 Å². The van der Waals surface area contributed by atoms with Crippen molar-refractivity contribution < 1.29 is 14.2 Å². The third-order valence-corrected chi connectivity index (χ3v) is 3.26. The number of nitro benzene ring substituents is 1. The van der Waals surface area contributed by atoms with Gasteiger partial charge in [0.2, 0.25) is 0 Å². The van der Waals surface area contributed by atoms with E-state index in [-0.39, 0.29) is 11.6 Å². The zero-order valence-corrected chi connectivity index (χ0v) is 10.2. The number of benzene rings is 1. The molecule has 19 heavy (non-hydrogen) atoms. The normalized spacial score (nSPS) is 24.9. The topological polar surface area (TPSA) is 67.6 Å². The van der Waals surface area contributed by atoms with E-state index in [2.05, 4.69) is 5.59 Å². The number of hydrazine groups is 1. The number of hydrogen-bond acceptors (Lipinski definition) is 5. The van der Waals surface area contributed by atoms with Crippen LogP contribution >= 0.6 is 0 Å². The molecule has 1 saturated carbocycles. The Morgan fingerprint density at radius 1 is 1.58 bits per heavy atom. The van der Waals surface area contributed by atoms with Crippen LogP contribution in [0.3, 0.4) is 0 Å². The van der Waals surface area contributed by atoms with E-state index in [1.54, 1.807) is 25.3 Å². The second kappa shape index (κ2) is 4.20. The predicted octanol–water partition coefficient (Wildman–Crippen LogP) is 2.36. The number of nitrogens with zero attached hydrogens (tertiary/aromatic N) is 2. The van der Waals surface area contributed by atoms with Crippen LogP contribution in [0, 0.1) is 23.0 Å². The van der Waals surface area contributed by atoms with Crippen LogP contribution in [0.25, 0.3) is 0 Å². The fourth-order valence-corrected chi connectivity index (χ4v) is 1.98. The van der Waals surface area contributed by atoms with Crippen molar-refractivity contribution in [2.75, 3.05) is 5.01 Å². The number of nitro groups is 1. The van der Waals surface area contributed by atoms with Crippen molar-refractivity contribution in [2.45, 2.75) is 19.5 Å².